The second-order valence-corrected chi connectivity index (χ2v) is 6.02. The molecule has 1 fully saturated rings. The van der Waals surface area contributed by atoms with Crippen molar-refractivity contribution in [1.82, 2.24) is 19.6 Å². The molecule has 0 aliphatic carbocycles. The summed E-state index contributed by atoms with van der Waals surface area (Å²) >= 11 is 0. The van der Waals surface area contributed by atoms with Gasteiger partial charge in [-0.1, -0.05) is 18.2 Å². The van der Waals surface area contributed by atoms with Crippen LogP contribution >= 0.6 is 0 Å². The van der Waals surface area contributed by atoms with Crippen molar-refractivity contribution in [3.63, 3.8) is 0 Å². The number of rotatable bonds is 6. The molecule has 6 nitrogen and oxygen atoms in total. The van der Waals surface area contributed by atoms with E-state index in [1.165, 1.54) is 0 Å². The predicted molar refractivity (Wildman–Crippen MR) is 91.9 cm³/mol. The van der Waals surface area contributed by atoms with Crippen LogP contribution in [0.5, 0.6) is 0 Å². The van der Waals surface area contributed by atoms with E-state index in [0.29, 0.717) is 26.2 Å². The van der Waals surface area contributed by atoms with Crippen molar-refractivity contribution in [3.8, 4) is 5.69 Å². The molecule has 2 aromatic rings. The van der Waals surface area contributed by atoms with Gasteiger partial charge in [-0.3, -0.25) is 9.69 Å². The molecule has 3 rings (SSSR count). The number of hydrogen-bond acceptors (Lipinski definition) is 4. The lowest BCUT2D eigenvalue weighted by Crippen LogP contribution is -2.38. The van der Waals surface area contributed by atoms with E-state index in [-0.39, 0.29) is 5.91 Å². The number of para-hydroxylation sites is 1. The van der Waals surface area contributed by atoms with E-state index >= 15 is 0 Å². The lowest BCUT2D eigenvalue weighted by Gasteiger charge is -2.21. The molecule has 0 spiro atoms. The van der Waals surface area contributed by atoms with Gasteiger partial charge in [-0.25, -0.2) is 4.68 Å². The number of nitrogens with zero attached hydrogens (tertiary/aromatic N) is 4. The molecule has 1 aliphatic heterocycles. The number of carbonyl (C=O) groups excluding carboxylic acids is 1. The van der Waals surface area contributed by atoms with Gasteiger partial charge in [0.05, 0.1) is 24.5 Å². The van der Waals surface area contributed by atoms with Crippen molar-refractivity contribution in [1.29, 1.82) is 0 Å². The summed E-state index contributed by atoms with van der Waals surface area (Å²) < 4.78 is 6.96. The lowest BCUT2D eigenvalue weighted by molar-refractivity contribution is -0.131. The Morgan fingerprint density at radius 3 is 2.79 bits per heavy atom. The van der Waals surface area contributed by atoms with Crippen molar-refractivity contribution >= 4 is 5.91 Å². The average molecular weight is 328 g/mol. The zero-order valence-electron chi connectivity index (χ0n) is 14.1. The highest BCUT2D eigenvalue weighted by Crippen LogP contribution is 2.11. The summed E-state index contributed by atoms with van der Waals surface area (Å²) in [6.07, 6.45) is 2.95. The quantitative estimate of drug-likeness (QED) is 0.807. The van der Waals surface area contributed by atoms with Crippen LogP contribution in [-0.2, 0) is 16.1 Å². The van der Waals surface area contributed by atoms with Crippen LogP contribution < -0.4 is 0 Å². The summed E-state index contributed by atoms with van der Waals surface area (Å²) in [6.45, 7) is 4.12. The van der Waals surface area contributed by atoms with Crippen molar-refractivity contribution in [2.45, 2.75) is 13.0 Å². The molecule has 1 aromatic heterocycles. The van der Waals surface area contributed by atoms with Crippen LogP contribution in [0, 0.1) is 0 Å². The summed E-state index contributed by atoms with van der Waals surface area (Å²) in [5.41, 5.74) is 2.03. The molecule has 0 atom stereocenters. The Morgan fingerprint density at radius 1 is 1.17 bits per heavy atom. The fraction of sp³-hybridized carbons (Fsp3) is 0.444. The standard InChI is InChI=1S/C18H24N4O2/c1-24-13-12-21-10-5-9-20(15-18(21)23)14-16-8-11-22(19-16)17-6-3-2-4-7-17/h2-4,6-8,11H,5,9-10,12-15H2,1H3. The Labute approximate surface area is 142 Å². The Kier molecular flexibility index (Phi) is 5.61. The van der Waals surface area contributed by atoms with Crippen LogP contribution in [0.2, 0.25) is 0 Å². The molecule has 1 aromatic carbocycles. The molecule has 2 heterocycles. The highest BCUT2D eigenvalue weighted by atomic mass is 16.5. The van der Waals surface area contributed by atoms with Gasteiger partial charge in [-0.2, -0.15) is 5.10 Å². The molecular formula is C18H24N4O2. The molecule has 128 valence electrons. The number of benzene rings is 1. The molecule has 0 radical (unpaired) electrons. The Bertz CT molecular complexity index is 656. The van der Waals surface area contributed by atoms with Gasteiger partial charge in [-0.15, -0.1) is 0 Å². The molecule has 0 unspecified atom stereocenters. The number of hydrogen-bond donors (Lipinski definition) is 0. The van der Waals surface area contributed by atoms with E-state index in [1.54, 1.807) is 7.11 Å². The zero-order chi connectivity index (χ0) is 16.8. The first kappa shape index (κ1) is 16.7. The molecule has 1 aliphatic rings. The number of carbonyl (C=O) groups is 1. The highest BCUT2D eigenvalue weighted by Gasteiger charge is 2.21. The Hall–Kier alpha value is -2.18. The largest absolute Gasteiger partial charge is 0.383 e. The number of methoxy groups -OCH3 is 1. The molecule has 24 heavy (non-hydrogen) atoms. The molecule has 0 saturated carbocycles. The maximum Gasteiger partial charge on any atom is 0.236 e. The van der Waals surface area contributed by atoms with E-state index in [2.05, 4.69) is 10.00 Å². The SMILES string of the molecule is COCCN1CCCN(Cc2ccn(-c3ccccc3)n2)CC1=O. The van der Waals surface area contributed by atoms with E-state index in [9.17, 15) is 4.79 Å². The van der Waals surface area contributed by atoms with Gasteiger partial charge >= 0.3 is 0 Å². The smallest absolute Gasteiger partial charge is 0.236 e. The van der Waals surface area contributed by atoms with E-state index in [0.717, 1.165) is 30.9 Å². The summed E-state index contributed by atoms with van der Waals surface area (Å²) in [6, 6.07) is 12.1. The Morgan fingerprint density at radius 2 is 2.00 bits per heavy atom. The van der Waals surface area contributed by atoms with Crippen molar-refractivity contribution in [2.75, 3.05) is 39.9 Å². The minimum absolute atomic E-state index is 0.173. The fourth-order valence-electron chi connectivity index (χ4n) is 2.95. The van der Waals surface area contributed by atoms with E-state index < -0.39 is 0 Å². The van der Waals surface area contributed by atoms with Crippen molar-refractivity contribution in [2.24, 2.45) is 0 Å². The summed E-state index contributed by atoms with van der Waals surface area (Å²) in [5, 5.41) is 4.63. The topological polar surface area (TPSA) is 50.6 Å². The average Bonchev–Trinajstić information content (AvgIpc) is 2.99. The summed E-state index contributed by atoms with van der Waals surface area (Å²) in [5.74, 6) is 0.173. The summed E-state index contributed by atoms with van der Waals surface area (Å²) in [4.78, 5) is 16.4. The minimum Gasteiger partial charge on any atom is -0.383 e. The van der Waals surface area contributed by atoms with Gasteiger partial charge < -0.3 is 9.64 Å². The first-order chi connectivity index (χ1) is 11.8. The van der Waals surface area contributed by atoms with Gasteiger partial charge in [0.2, 0.25) is 5.91 Å². The Balaban J connectivity index is 1.60. The maximum absolute atomic E-state index is 12.4. The zero-order valence-corrected chi connectivity index (χ0v) is 14.1. The van der Waals surface area contributed by atoms with Crippen LogP contribution in [-0.4, -0.2) is 65.4 Å². The third kappa shape index (κ3) is 4.21. The number of ether oxygens (including phenoxy) is 1. The van der Waals surface area contributed by atoms with Crippen molar-refractivity contribution < 1.29 is 9.53 Å². The van der Waals surface area contributed by atoms with Gasteiger partial charge in [0.15, 0.2) is 0 Å². The number of amides is 1. The van der Waals surface area contributed by atoms with Crippen LogP contribution in [0.15, 0.2) is 42.6 Å². The molecule has 6 heteroatoms. The molecule has 0 bridgehead atoms. The second kappa shape index (κ2) is 8.08. The van der Waals surface area contributed by atoms with Crippen LogP contribution in [0.3, 0.4) is 0 Å². The van der Waals surface area contributed by atoms with Gasteiger partial charge in [0, 0.05) is 39.5 Å². The van der Waals surface area contributed by atoms with Gasteiger partial charge in [0.1, 0.15) is 0 Å². The third-order valence-corrected chi connectivity index (χ3v) is 4.23. The second-order valence-electron chi connectivity index (χ2n) is 6.02. The van der Waals surface area contributed by atoms with Crippen LogP contribution in [0.25, 0.3) is 5.69 Å². The van der Waals surface area contributed by atoms with Gasteiger partial charge in [-0.05, 0) is 24.6 Å². The summed E-state index contributed by atoms with van der Waals surface area (Å²) in [7, 11) is 1.66. The first-order valence-corrected chi connectivity index (χ1v) is 8.35. The van der Waals surface area contributed by atoms with Crippen molar-refractivity contribution in [3.05, 3.63) is 48.3 Å². The van der Waals surface area contributed by atoms with E-state index in [4.69, 9.17) is 4.74 Å². The molecule has 1 saturated heterocycles. The lowest BCUT2D eigenvalue weighted by atomic mass is 10.3. The number of aromatic nitrogens is 2. The monoisotopic (exact) mass is 328 g/mol. The predicted octanol–water partition coefficient (Wildman–Crippen LogP) is 1.55. The minimum atomic E-state index is 0.173. The molecular weight excluding hydrogens is 304 g/mol. The molecule has 1 amide bonds. The normalized spacial score (nSPS) is 16.4. The van der Waals surface area contributed by atoms with Gasteiger partial charge in [0.25, 0.3) is 0 Å². The highest BCUT2D eigenvalue weighted by molar-refractivity contribution is 5.78. The van der Waals surface area contributed by atoms with Crippen LogP contribution in [0.1, 0.15) is 12.1 Å². The molecule has 0 N–H and O–H groups in total. The fourth-order valence-corrected chi connectivity index (χ4v) is 2.95. The maximum atomic E-state index is 12.4. The van der Waals surface area contributed by atoms with Crippen LogP contribution in [0.4, 0.5) is 0 Å². The van der Waals surface area contributed by atoms with E-state index in [1.807, 2.05) is 52.2 Å². The first-order valence-electron chi connectivity index (χ1n) is 8.35. The third-order valence-electron chi connectivity index (χ3n) is 4.23.